The fraction of sp³-hybridized carbons (Fsp3) is 0.941. The molecule has 1 amide bonds. The maximum Gasteiger partial charge on any atom is 0.407 e. The number of hydrogen-bond donors (Lipinski definition) is 2. The summed E-state index contributed by atoms with van der Waals surface area (Å²) in [6, 6.07) is 1.14. The maximum atomic E-state index is 11.8. The maximum absolute atomic E-state index is 11.8. The van der Waals surface area contributed by atoms with Crippen molar-refractivity contribution < 1.29 is 14.3 Å². The molecule has 1 aliphatic carbocycles. The van der Waals surface area contributed by atoms with Crippen LogP contribution in [0.4, 0.5) is 4.79 Å². The SMILES string of the molecule is COCC(NC1CCC(NC(=O)OC(C)(C)C)CC1)C(C)C. The highest BCUT2D eigenvalue weighted by atomic mass is 16.6. The number of amides is 1. The molecule has 0 heterocycles. The van der Waals surface area contributed by atoms with Gasteiger partial charge in [0.2, 0.25) is 0 Å². The van der Waals surface area contributed by atoms with Gasteiger partial charge >= 0.3 is 6.09 Å². The first-order valence-corrected chi connectivity index (χ1v) is 8.45. The van der Waals surface area contributed by atoms with Crippen LogP contribution in [0.3, 0.4) is 0 Å². The van der Waals surface area contributed by atoms with Gasteiger partial charge in [-0.25, -0.2) is 4.79 Å². The van der Waals surface area contributed by atoms with Crippen LogP contribution >= 0.6 is 0 Å². The fourth-order valence-electron chi connectivity index (χ4n) is 2.79. The Hall–Kier alpha value is -0.810. The molecule has 0 saturated heterocycles. The average molecular weight is 314 g/mol. The van der Waals surface area contributed by atoms with Crippen molar-refractivity contribution in [1.29, 1.82) is 0 Å². The molecule has 0 aromatic carbocycles. The molecule has 0 radical (unpaired) electrons. The largest absolute Gasteiger partial charge is 0.444 e. The van der Waals surface area contributed by atoms with Crippen molar-refractivity contribution in [2.45, 2.75) is 84.0 Å². The second-order valence-electron chi connectivity index (χ2n) is 7.67. The Morgan fingerprint density at radius 3 is 2.14 bits per heavy atom. The van der Waals surface area contributed by atoms with Gasteiger partial charge in [0, 0.05) is 25.2 Å². The summed E-state index contributed by atoms with van der Waals surface area (Å²) in [6.45, 7) is 10.8. The number of rotatable bonds is 6. The van der Waals surface area contributed by atoms with Crippen LogP contribution in [0.15, 0.2) is 0 Å². The zero-order valence-corrected chi connectivity index (χ0v) is 15.1. The second-order valence-corrected chi connectivity index (χ2v) is 7.67. The van der Waals surface area contributed by atoms with Crippen LogP contribution in [0.5, 0.6) is 0 Å². The van der Waals surface area contributed by atoms with Gasteiger partial charge in [-0.2, -0.15) is 0 Å². The number of carbonyl (C=O) groups excluding carboxylic acids is 1. The van der Waals surface area contributed by atoms with Gasteiger partial charge in [0.1, 0.15) is 5.60 Å². The summed E-state index contributed by atoms with van der Waals surface area (Å²) < 4.78 is 10.6. The van der Waals surface area contributed by atoms with Gasteiger partial charge in [0.15, 0.2) is 0 Å². The lowest BCUT2D eigenvalue weighted by Gasteiger charge is -2.34. The summed E-state index contributed by atoms with van der Waals surface area (Å²) in [6.07, 6.45) is 3.84. The molecule has 22 heavy (non-hydrogen) atoms. The Kier molecular flexibility index (Phi) is 7.63. The molecule has 1 aliphatic rings. The molecule has 1 rings (SSSR count). The molecular weight excluding hydrogens is 280 g/mol. The van der Waals surface area contributed by atoms with Gasteiger partial charge in [-0.1, -0.05) is 13.8 Å². The first-order chi connectivity index (χ1) is 10.2. The molecule has 1 unspecified atom stereocenters. The van der Waals surface area contributed by atoms with E-state index >= 15 is 0 Å². The lowest BCUT2D eigenvalue weighted by molar-refractivity contribution is 0.0487. The molecule has 1 saturated carbocycles. The smallest absolute Gasteiger partial charge is 0.407 e. The van der Waals surface area contributed by atoms with E-state index in [1.54, 1.807) is 7.11 Å². The van der Waals surface area contributed by atoms with E-state index in [4.69, 9.17) is 9.47 Å². The Morgan fingerprint density at radius 2 is 1.68 bits per heavy atom. The predicted octanol–water partition coefficient (Wildman–Crippen LogP) is 3.08. The number of alkyl carbamates (subject to hydrolysis) is 1. The quantitative estimate of drug-likeness (QED) is 0.791. The van der Waals surface area contributed by atoms with Gasteiger partial charge in [0.05, 0.1) is 6.61 Å². The number of hydrogen-bond acceptors (Lipinski definition) is 4. The van der Waals surface area contributed by atoms with Gasteiger partial charge in [-0.05, 0) is 52.4 Å². The van der Waals surface area contributed by atoms with Crippen molar-refractivity contribution >= 4 is 6.09 Å². The van der Waals surface area contributed by atoms with Crippen molar-refractivity contribution in [2.24, 2.45) is 5.92 Å². The van der Waals surface area contributed by atoms with Gasteiger partial charge in [-0.3, -0.25) is 0 Å². The van der Waals surface area contributed by atoms with E-state index in [0.29, 0.717) is 18.0 Å². The van der Waals surface area contributed by atoms with Crippen LogP contribution in [0, 0.1) is 5.92 Å². The Bertz CT molecular complexity index is 331. The second kappa shape index (κ2) is 8.73. The number of carbonyl (C=O) groups is 1. The first kappa shape index (κ1) is 19.2. The van der Waals surface area contributed by atoms with E-state index < -0.39 is 5.60 Å². The molecule has 0 bridgehead atoms. The summed E-state index contributed by atoms with van der Waals surface area (Å²) in [7, 11) is 1.75. The highest BCUT2D eigenvalue weighted by Crippen LogP contribution is 2.20. The molecule has 1 fully saturated rings. The minimum atomic E-state index is -0.437. The summed E-state index contributed by atoms with van der Waals surface area (Å²) in [5, 5.41) is 6.68. The van der Waals surface area contributed by atoms with Crippen molar-refractivity contribution in [3.05, 3.63) is 0 Å². The average Bonchev–Trinajstić information content (AvgIpc) is 2.38. The van der Waals surface area contributed by atoms with Gasteiger partial charge < -0.3 is 20.1 Å². The van der Waals surface area contributed by atoms with Crippen LogP contribution in [0.1, 0.15) is 60.3 Å². The monoisotopic (exact) mass is 314 g/mol. The minimum Gasteiger partial charge on any atom is -0.444 e. The molecule has 5 heteroatoms. The lowest BCUT2D eigenvalue weighted by Crippen LogP contribution is -2.48. The topological polar surface area (TPSA) is 59.6 Å². The van der Waals surface area contributed by atoms with Gasteiger partial charge in [-0.15, -0.1) is 0 Å². The van der Waals surface area contributed by atoms with E-state index in [9.17, 15) is 4.79 Å². The third kappa shape index (κ3) is 7.45. The van der Waals surface area contributed by atoms with E-state index in [1.165, 1.54) is 0 Å². The molecule has 0 spiro atoms. The Balaban J connectivity index is 2.32. The van der Waals surface area contributed by atoms with Gasteiger partial charge in [0.25, 0.3) is 0 Å². The Morgan fingerprint density at radius 1 is 1.14 bits per heavy atom. The molecule has 130 valence electrons. The molecule has 0 aliphatic heterocycles. The summed E-state index contributed by atoms with van der Waals surface area (Å²) in [5.41, 5.74) is -0.437. The number of methoxy groups -OCH3 is 1. The van der Waals surface area contributed by atoms with Crippen LogP contribution in [0.25, 0.3) is 0 Å². The normalized spacial score (nSPS) is 24.1. The fourth-order valence-corrected chi connectivity index (χ4v) is 2.79. The van der Waals surface area contributed by atoms with Crippen LogP contribution in [-0.2, 0) is 9.47 Å². The molecule has 1 atom stereocenters. The minimum absolute atomic E-state index is 0.229. The summed E-state index contributed by atoms with van der Waals surface area (Å²) in [4.78, 5) is 11.8. The van der Waals surface area contributed by atoms with Crippen molar-refractivity contribution in [3.8, 4) is 0 Å². The number of ether oxygens (including phenoxy) is 2. The van der Waals surface area contributed by atoms with Crippen LogP contribution in [-0.4, -0.2) is 43.5 Å². The standard InChI is InChI=1S/C17H34N2O3/c1-12(2)15(11-21-6)18-13-7-9-14(10-8-13)19-16(20)22-17(3,4)5/h12-15,18H,7-11H2,1-6H3,(H,19,20). The molecule has 0 aromatic rings. The van der Waals surface area contributed by atoms with Crippen molar-refractivity contribution in [2.75, 3.05) is 13.7 Å². The molecule has 0 aromatic heterocycles. The molecule has 2 N–H and O–H groups in total. The zero-order valence-electron chi connectivity index (χ0n) is 15.1. The number of nitrogens with one attached hydrogen (secondary N) is 2. The highest BCUT2D eigenvalue weighted by Gasteiger charge is 2.26. The van der Waals surface area contributed by atoms with E-state index in [0.717, 1.165) is 32.3 Å². The summed E-state index contributed by atoms with van der Waals surface area (Å²) >= 11 is 0. The van der Waals surface area contributed by atoms with E-state index in [1.807, 2.05) is 20.8 Å². The third-order valence-electron chi connectivity index (χ3n) is 4.05. The van der Waals surface area contributed by atoms with Crippen LogP contribution < -0.4 is 10.6 Å². The van der Waals surface area contributed by atoms with E-state index in [-0.39, 0.29) is 12.1 Å². The van der Waals surface area contributed by atoms with Crippen molar-refractivity contribution in [3.63, 3.8) is 0 Å². The van der Waals surface area contributed by atoms with E-state index in [2.05, 4.69) is 24.5 Å². The zero-order chi connectivity index (χ0) is 16.8. The molecule has 5 nitrogen and oxygen atoms in total. The Labute approximate surface area is 135 Å². The predicted molar refractivity (Wildman–Crippen MR) is 89.1 cm³/mol. The third-order valence-corrected chi connectivity index (χ3v) is 4.05. The first-order valence-electron chi connectivity index (χ1n) is 8.45. The molecular formula is C17H34N2O3. The van der Waals surface area contributed by atoms with Crippen molar-refractivity contribution in [1.82, 2.24) is 10.6 Å². The lowest BCUT2D eigenvalue weighted by atomic mass is 9.90. The summed E-state index contributed by atoms with van der Waals surface area (Å²) in [5.74, 6) is 0.553. The van der Waals surface area contributed by atoms with Crippen LogP contribution in [0.2, 0.25) is 0 Å². The highest BCUT2D eigenvalue weighted by molar-refractivity contribution is 5.68.